The van der Waals surface area contributed by atoms with Crippen molar-refractivity contribution < 1.29 is 0 Å². The lowest BCUT2D eigenvalue weighted by Crippen LogP contribution is -1.62. The molecule has 0 bridgehead atoms. The Bertz CT molecular complexity index is 167. The van der Waals surface area contributed by atoms with Gasteiger partial charge in [-0.2, -0.15) is 0 Å². The van der Waals surface area contributed by atoms with Crippen molar-refractivity contribution in [2.75, 3.05) is 7.05 Å². The molecule has 0 unspecified atom stereocenters. The second-order valence-corrected chi connectivity index (χ2v) is 1.97. The van der Waals surface area contributed by atoms with Crippen LogP contribution < -0.4 is 0 Å². The van der Waals surface area contributed by atoms with Crippen LogP contribution in [0.1, 0.15) is 5.56 Å². The number of nitrogens with zero attached hydrogens (tertiary/aromatic N) is 1. The van der Waals surface area contributed by atoms with Crippen LogP contribution in [0.4, 0.5) is 0 Å². The topological polar surface area (TPSA) is 12.4 Å². The third kappa shape index (κ3) is 5.04. The lowest BCUT2D eigenvalue weighted by atomic mass is 10.2. The van der Waals surface area contributed by atoms with Crippen molar-refractivity contribution in [1.29, 1.82) is 0 Å². The van der Waals surface area contributed by atoms with Crippen molar-refractivity contribution in [3.8, 4) is 0 Å². The minimum Gasteiger partial charge on any atom is -0.304 e. The number of benzene rings is 1. The van der Waals surface area contributed by atoms with Crippen LogP contribution in [0, 0.1) is 6.92 Å². The summed E-state index contributed by atoms with van der Waals surface area (Å²) in [4.78, 5) is 3.25. The van der Waals surface area contributed by atoms with Crippen molar-refractivity contribution in [2.24, 2.45) is 4.99 Å². The monoisotopic (exact) mass is 135 g/mol. The Kier molecular flexibility index (Phi) is 5.35. The first-order chi connectivity index (χ1) is 4.81. The maximum Gasteiger partial charge on any atom is 0.0269 e. The quantitative estimate of drug-likeness (QED) is 0.484. The zero-order chi connectivity index (χ0) is 7.82. The van der Waals surface area contributed by atoms with E-state index in [1.54, 1.807) is 7.05 Å². The van der Waals surface area contributed by atoms with E-state index in [0.717, 1.165) is 0 Å². The van der Waals surface area contributed by atoms with Crippen LogP contribution in [0.25, 0.3) is 0 Å². The molecule has 10 heavy (non-hydrogen) atoms. The molecule has 1 nitrogen and oxygen atoms in total. The normalized spacial score (nSPS) is 7.40. The Morgan fingerprint density at radius 2 is 1.60 bits per heavy atom. The van der Waals surface area contributed by atoms with E-state index in [-0.39, 0.29) is 0 Å². The summed E-state index contributed by atoms with van der Waals surface area (Å²) in [5, 5.41) is 0. The molecule has 1 aromatic rings. The molecule has 1 heteroatoms. The summed E-state index contributed by atoms with van der Waals surface area (Å²) in [5.74, 6) is 0. The minimum atomic E-state index is 1.32. The summed E-state index contributed by atoms with van der Waals surface area (Å²) >= 11 is 0. The predicted molar refractivity (Wildman–Crippen MR) is 46.7 cm³/mol. The second kappa shape index (κ2) is 6.02. The molecule has 0 saturated heterocycles. The highest BCUT2D eigenvalue weighted by molar-refractivity contribution is 5.22. The van der Waals surface area contributed by atoms with Gasteiger partial charge in [0, 0.05) is 7.05 Å². The first kappa shape index (κ1) is 8.89. The second-order valence-electron chi connectivity index (χ2n) is 1.97. The smallest absolute Gasteiger partial charge is 0.0269 e. The maximum atomic E-state index is 3.25. The molecule has 1 aromatic carbocycles. The third-order valence-electron chi connectivity index (χ3n) is 0.940. The van der Waals surface area contributed by atoms with Gasteiger partial charge in [-0.3, -0.25) is 0 Å². The van der Waals surface area contributed by atoms with E-state index in [9.17, 15) is 0 Å². The SMILES string of the molecule is C=NC.Cc1ccccc1. The average molecular weight is 135 g/mol. The highest BCUT2D eigenvalue weighted by atomic mass is 14.6. The van der Waals surface area contributed by atoms with E-state index in [2.05, 4.69) is 30.8 Å². The van der Waals surface area contributed by atoms with Gasteiger partial charge < -0.3 is 4.99 Å². The molecule has 0 heterocycles. The largest absolute Gasteiger partial charge is 0.304 e. The minimum absolute atomic E-state index is 1.32. The molecular formula is C9H13N. The van der Waals surface area contributed by atoms with Gasteiger partial charge in [-0.15, -0.1) is 0 Å². The Morgan fingerprint density at radius 3 is 1.80 bits per heavy atom. The Morgan fingerprint density at radius 1 is 1.20 bits per heavy atom. The number of rotatable bonds is 0. The van der Waals surface area contributed by atoms with E-state index in [1.165, 1.54) is 5.56 Å². The van der Waals surface area contributed by atoms with Gasteiger partial charge in [0.1, 0.15) is 0 Å². The van der Waals surface area contributed by atoms with Gasteiger partial charge in [0.25, 0.3) is 0 Å². The lowest BCUT2D eigenvalue weighted by Gasteiger charge is -1.82. The summed E-state index contributed by atoms with van der Waals surface area (Å²) in [7, 11) is 1.64. The molecule has 0 aromatic heterocycles. The number of hydrogen-bond acceptors (Lipinski definition) is 1. The Labute approximate surface area is 62.4 Å². The fourth-order valence-corrected chi connectivity index (χ4v) is 0.534. The molecule has 0 radical (unpaired) electrons. The summed E-state index contributed by atoms with van der Waals surface area (Å²) in [6, 6.07) is 10.3. The van der Waals surface area contributed by atoms with E-state index in [0.29, 0.717) is 0 Å². The molecule has 1 rings (SSSR count). The van der Waals surface area contributed by atoms with Gasteiger partial charge >= 0.3 is 0 Å². The molecule has 0 saturated carbocycles. The van der Waals surface area contributed by atoms with Gasteiger partial charge in [0.15, 0.2) is 0 Å². The Hall–Kier alpha value is -1.11. The first-order valence-corrected chi connectivity index (χ1v) is 3.17. The van der Waals surface area contributed by atoms with Crippen molar-refractivity contribution in [2.45, 2.75) is 6.92 Å². The van der Waals surface area contributed by atoms with Gasteiger partial charge in [-0.25, -0.2) is 0 Å². The summed E-state index contributed by atoms with van der Waals surface area (Å²) in [6.07, 6.45) is 0. The maximum absolute atomic E-state index is 3.25. The molecule has 0 atom stereocenters. The molecule has 0 amide bonds. The fourth-order valence-electron chi connectivity index (χ4n) is 0.534. The number of aryl methyl sites for hydroxylation is 1. The predicted octanol–water partition coefficient (Wildman–Crippen LogP) is 2.31. The van der Waals surface area contributed by atoms with E-state index in [4.69, 9.17) is 0 Å². The molecule has 0 aliphatic rings. The number of aliphatic imine (C=N–C) groups is 1. The summed E-state index contributed by atoms with van der Waals surface area (Å²) < 4.78 is 0. The average Bonchev–Trinajstić information content (AvgIpc) is 1.91. The van der Waals surface area contributed by atoms with Crippen LogP contribution in [0.5, 0.6) is 0 Å². The van der Waals surface area contributed by atoms with Crippen LogP contribution in [-0.2, 0) is 0 Å². The van der Waals surface area contributed by atoms with Crippen molar-refractivity contribution >= 4 is 6.72 Å². The molecule has 0 N–H and O–H groups in total. The van der Waals surface area contributed by atoms with Crippen LogP contribution in [-0.4, -0.2) is 13.8 Å². The summed E-state index contributed by atoms with van der Waals surface area (Å²) in [5.41, 5.74) is 1.32. The van der Waals surface area contributed by atoms with Crippen LogP contribution in [0.2, 0.25) is 0 Å². The van der Waals surface area contributed by atoms with E-state index < -0.39 is 0 Å². The lowest BCUT2D eigenvalue weighted by molar-refractivity contribution is 1.48. The van der Waals surface area contributed by atoms with E-state index in [1.807, 2.05) is 18.2 Å². The zero-order valence-electron chi connectivity index (χ0n) is 6.54. The molecular weight excluding hydrogens is 122 g/mol. The fraction of sp³-hybridized carbons (Fsp3) is 0.222. The van der Waals surface area contributed by atoms with E-state index >= 15 is 0 Å². The van der Waals surface area contributed by atoms with Crippen molar-refractivity contribution in [1.82, 2.24) is 0 Å². The Balaban J connectivity index is 0.000000236. The highest BCUT2D eigenvalue weighted by Gasteiger charge is 1.72. The molecule has 0 fully saturated rings. The van der Waals surface area contributed by atoms with Crippen molar-refractivity contribution in [3.05, 3.63) is 35.9 Å². The van der Waals surface area contributed by atoms with Crippen LogP contribution in [0.3, 0.4) is 0 Å². The van der Waals surface area contributed by atoms with Crippen molar-refractivity contribution in [3.63, 3.8) is 0 Å². The highest BCUT2D eigenvalue weighted by Crippen LogP contribution is 1.92. The van der Waals surface area contributed by atoms with Gasteiger partial charge in [0.2, 0.25) is 0 Å². The van der Waals surface area contributed by atoms with Crippen LogP contribution in [0.15, 0.2) is 35.3 Å². The zero-order valence-corrected chi connectivity index (χ0v) is 6.54. The van der Waals surface area contributed by atoms with Gasteiger partial charge in [-0.05, 0) is 13.6 Å². The third-order valence-corrected chi connectivity index (χ3v) is 0.940. The summed E-state index contributed by atoms with van der Waals surface area (Å²) in [6.45, 7) is 5.19. The molecule has 0 aliphatic carbocycles. The van der Waals surface area contributed by atoms with Gasteiger partial charge in [-0.1, -0.05) is 35.9 Å². The molecule has 0 spiro atoms. The molecule has 0 aliphatic heterocycles. The molecule has 54 valence electrons. The number of hydrogen-bond donors (Lipinski definition) is 0. The van der Waals surface area contributed by atoms with Crippen LogP contribution >= 0.6 is 0 Å². The standard InChI is InChI=1S/C7H8.C2H5N/c1-7-5-3-2-4-6-7;1-3-2/h2-6H,1H3;1H2,2H3. The first-order valence-electron chi connectivity index (χ1n) is 3.17. The van der Waals surface area contributed by atoms with Gasteiger partial charge in [0.05, 0.1) is 0 Å².